The molecule has 0 N–H and O–H groups in total. The third-order valence-corrected chi connectivity index (χ3v) is 5.15. The molecule has 1 aliphatic rings. The lowest BCUT2D eigenvalue weighted by atomic mass is 10.2. The van der Waals surface area contributed by atoms with Gasteiger partial charge in [0.2, 0.25) is 0 Å². The Hall–Kier alpha value is -2.18. The summed E-state index contributed by atoms with van der Waals surface area (Å²) in [6.07, 6.45) is 0. The van der Waals surface area contributed by atoms with E-state index in [0.717, 1.165) is 10.4 Å². The Morgan fingerprint density at radius 3 is 2.60 bits per heavy atom. The fraction of sp³-hybridized carbons (Fsp3) is 0.368. The molecule has 1 aliphatic heterocycles. The number of hydrogen-bond donors (Lipinski definition) is 0. The molecule has 5 nitrogen and oxygen atoms in total. The third-order valence-electron chi connectivity index (χ3n) is 4.24. The Balaban J connectivity index is 1.42. The summed E-state index contributed by atoms with van der Waals surface area (Å²) in [7, 11) is 0. The number of Topliss-reactive ketones (excluding diaryl/α,β-unsaturated/α-hetero) is 1. The van der Waals surface area contributed by atoms with E-state index >= 15 is 0 Å². The van der Waals surface area contributed by atoms with E-state index in [0.29, 0.717) is 38.5 Å². The predicted molar refractivity (Wildman–Crippen MR) is 98.3 cm³/mol. The van der Waals surface area contributed by atoms with Crippen molar-refractivity contribution in [3.05, 3.63) is 52.2 Å². The molecule has 132 valence electrons. The van der Waals surface area contributed by atoms with Gasteiger partial charge >= 0.3 is 0 Å². The van der Waals surface area contributed by atoms with Gasteiger partial charge in [-0.15, -0.1) is 11.3 Å². The van der Waals surface area contributed by atoms with E-state index in [1.807, 2.05) is 53.6 Å². The summed E-state index contributed by atoms with van der Waals surface area (Å²) in [6.45, 7) is 5.16. The molecule has 0 aliphatic carbocycles. The van der Waals surface area contributed by atoms with Crippen LogP contribution >= 0.6 is 11.3 Å². The third kappa shape index (κ3) is 4.90. The van der Waals surface area contributed by atoms with Crippen molar-refractivity contribution in [3.8, 4) is 5.75 Å². The summed E-state index contributed by atoms with van der Waals surface area (Å²) in [5.74, 6) is 0.858. The number of amides is 1. The number of ketones is 1. The van der Waals surface area contributed by atoms with Crippen LogP contribution in [0.4, 0.5) is 0 Å². The molecule has 1 saturated heterocycles. The lowest BCUT2D eigenvalue weighted by molar-refractivity contribution is -0.135. The molecule has 0 atom stereocenters. The second kappa shape index (κ2) is 8.27. The topological polar surface area (TPSA) is 49.9 Å². The average Bonchev–Trinajstić information content (AvgIpc) is 3.15. The molecule has 0 spiro atoms. The first-order chi connectivity index (χ1) is 12.1. The first-order valence-electron chi connectivity index (χ1n) is 8.38. The van der Waals surface area contributed by atoms with Crippen LogP contribution in [0.3, 0.4) is 0 Å². The number of thiophene rings is 1. The molecular formula is C19H22N2O3S. The monoisotopic (exact) mass is 358 g/mol. The fourth-order valence-corrected chi connectivity index (χ4v) is 3.47. The van der Waals surface area contributed by atoms with E-state index in [2.05, 4.69) is 4.90 Å². The molecule has 2 heterocycles. The minimum Gasteiger partial charge on any atom is -0.484 e. The van der Waals surface area contributed by atoms with Crippen molar-refractivity contribution in [2.24, 2.45) is 0 Å². The highest BCUT2D eigenvalue weighted by molar-refractivity contribution is 7.12. The molecule has 0 radical (unpaired) electrons. The van der Waals surface area contributed by atoms with Crippen molar-refractivity contribution in [2.75, 3.05) is 39.3 Å². The van der Waals surface area contributed by atoms with Gasteiger partial charge in [0.15, 0.2) is 12.4 Å². The largest absolute Gasteiger partial charge is 0.484 e. The van der Waals surface area contributed by atoms with Gasteiger partial charge in [-0.2, -0.15) is 0 Å². The summed E-state index contributed by atoms with van der Waals surface area (Å²) < 4.78 is 5.58. The Bertz CT molecular complexity index is 722. The zero-order valence-corrected chi connectivity index (χ0v) is 15.1. The van der Waals surface area contributed by atoms with Crippen molar-refractivity contribution in [2.45, 2.75) is 6.92 Å². The van der Waals surface area contributed by atoms with E-state index in [-0.39, 0.29) is 18.3 Å². The molecule has 1 aromatic carbocycles. The Morgan fingerprint density at radius 1 is 1.12 bits per heavy atom. The molecule has 1 aromatic heterocycles. The maximum Gasteiger partial charge on any atom is 0.260 e. The number of ether oxygens (including phenoxy) is 1. The summed E-state index contributed by atoms with van der Waals surface area (Å²) in [6, 6.07) is 11.4. The van der Waals surface area contributed by atoms with Crippen LogP contribution in [0.25, 0.3) is 0 Å². The summed E-state index contributed by atoms with van der Waals surface area (Å²) in [5.41, 5.74) is 1.11. The summed E-state index contributed by atoms with van der Waals surface area (Å²) in [4.78, 5) is 29.1. The number of carbonyl (C=O) groups is 2. The molecule has 25 heavy (non-hydrogen) atoms. The van der Waals surface area contributed by atoms with Crippen molar-refractivity contribution in [1.82, 2.24) is 9.80 Å². The molecular weight excluding hydrogens is 336 g/mol. The molecule has 0 bridgehead atoms. The lowest BCUT2D eigenvalue weighted by Gasteiger charge is -2.34. The average molecular weight is 358 g/mol. The number of nitrogens with zero attached hydrogens (tertiary/aromatic N) is 2. The maximum atomic E-state index is 12.3. The zero-order valence-electron chi connectivity index (χ0n) is 14.3. The van der Waals surface area contributed by atoms with Gasteiger partial charge in [0, 0.05) is 26.2 Å². The van der Waals surface area contributed by atoms with Crippen LogP contribution in [0.2, 0.25) is 0 Å². The highest BCUT2D eigenvalue weighted by Gasteiger charge is 2.23. The van der Waals surface area contributed by atoms with E-state index in [1.165, 1.54) is 11.3 Å². The van der Waals surface area contributed by atoms with Crippen LogP contribution < -0.4 is 4.74 Å². The second-order valence-electron chi connectivity index (χ2n) is 6.16. The Kier molecular flexibility index (Phi) is 5.83. The fourth-order valence-electron chi connectivity index (χ4n) is 2.82. The number of carbonyl (C=O) groups excluding carboxylic acids is 2. The van der Waals surface area contributed by atoms with E-state index in [1.54, 1.807) is 0 Å². The highest BCUT2D eigenvalue weighted by atomic mass is 32.1. The number of aryl methyl sites for hydroxylation is 1. The molecule has 1 amide bonds. The zero-order chi connectivity index (χ0) is 17.6. The number of benzene rings is 1. The predicted octanol–water partition coefficient (Wildman–Crippen LogP) is 2.46. The first-order valence-corrected chi connectivity index (χ1v) is 9.26. The Morgan fingerprint density at radius 2 is 1.92 bits per heavy atom. The van der Waals surface area contributed by atoms with E-state index < -0.39 is 0 Å². The van der Waals surface area contributed by atoms with Gasteiger partial charge in [0.05, 0.1) is 11.4 Å². The SMILES string of the molecule is Cc1cccc(OCC(=O)N2CCN(CC(=O)c3cccs3)CC2)c1. The molecule has 2 aromatic rings. The van der Waals surface area contributed by atoms with Crippen LogP contribution in [-0.4, -0.2) is 60.8 Å². The highest BCUT2D eigenvalue weighted by Crippen LogP contribution is 2.13. The van der Waals surface area contributed by atoms with Crippen LogP contribution in [0, 0.1) is 6.92 Å². The van der Waals surface area contributed by atoms with Crippen molar-refractivity contribution < 1.29 is 14.3 Å². The van der Waals surface area contributed by atoms with Crippen LogP contribution in [0.15, 0.2) is 41.8 Å². The molecule has 0 saturated carbocycles. The quantitative estimate of drug-likeness (QED) is 0.745. The van der Waals surface area contributed by atoms with Crippen molar-refractivity contribution in [1.29, 1.82) is 0 Å². The normalized spacial score (nSPS) is 15.2. The first kappa shape index (κ1) is 17.6. The number of rotatable bonds is 6. The summed E-state index contributed by atoms with van der Waals surface area (Å²) in [5, 5.41) is 1.91. The molecule has 0 unspecified atom stereocenters. The van der Waals surface area contributed by atoms with Gasteiger partial charge in [-0.05, 0) is 36.1 Å². The van der Waals surface area contributed by atoms with Gasteiger partial charge in [0.25, 0.3) is 5.91 Å². The van der Waals surface area contributed by atoms with Gasteiger partial charge in [-0.3, -0.25) is 14.5 Å². The van der Waals surface area contributed by atoms with Crippen LogP contribution in [0.1, 0.15) is 15.2 Å². The van der Waals surface area contributed by atoms with Crippen LogP contribution in [-0.2, 0) is 4.79 Å². The standard InChI is InChI=1S/C19H22N2O3S/c1-15-4-2-5-16(12-15)24-14-19(23)21-9-7-20(8-10-21)13-17(22)18-6-3-11-25-18/h2-6,11-12H,7-10,13-14H2,1H3. The molecule has 3 rings (SSSR count). The molecule has 6 heteroatoms. The summed E-state index contributed by atoms with van der Waals surface area (Å²) >= 11 is 1.47. The van der Waals surface area contributed by atoms with E-state index in [9.17, 15) is 9.59 Å². The minimum atomic E-state index is -0.00857. The number of hydrogen-bond acceptors (Lipinski definition) is 5. The van der Waals surface area contributed by atoms with Crippen LogP contribution in [0.5, 0.6) is 5.75 Å². The Labute approximate surface area is 151 Å². The second-order valence-corrected chi connectivity index (χ2v) is 7.11. The molecule has 1 fully saturated rings. The van der Waals surface area contributed by atoms with Gasteiger partial charge in [0.1, 0.15) is 5.75 Å². The van der Waals surface area contributed by atoms with E-state index in [4.69, 9.17) is 4.74 Å². The smallest absolute Gasteiger partial charge is 0.260 e. The van der Waals surface area contributed by atoms with Gasteiger partial charge in [-0.1, -0.05) is 18.2 Å². The number of piperazine rings is 1. The lowest BCUT2D eigenvalue weighted by Crippen LogP contribution is -2.50. The van der Waals surface area contributed by atoms with Gasteiger partial charge in [-0.25, -0.2) is 0 Å². The minimum absolute atomic E-state index is 0.00857. The maximum absolute atomic E-state index is 12.3. The van der Waals surface area contributed by atoms with Crippen molar-refractivity contribution >= 4 is 23.0 Å². The van der Waals surface area contributed by atoms with Gasteiger partial charge < -0.3 is 9.64 Å². The van der Waals surface area contributed by atoms with Crippen molar-refractivity contribution in [3.63, 3.8) is 0 Å².